The Hall–Kier alpha value is -0.120. The van der Waals surface area contributed by atoms with Gasteiger partial charge in [0.1, 0.15) is 0 Å². The van der Waals surface area contributed by atoms with Gasteiger partial charge >= 0.3 is 0 Å². The Morgan fingerprint density at radius 1 is 1.16 bits per heavy atom. The molecule has 0 aromatic carbocycles. The quantitative estimate of drug-likeness (QED) is 0.686. The lowest BCUT2D eigenvalue weighted by atomic mass is 9.95. The van der Waals surface area contributed by atoms with E-state index in [9.17, 15) is 0 Å². The van der Waals surface area contributed by atoms with E-state index in [0.29, 0.717) is 0 Å². The zero-order chi connectivity index (χ0) is 14.1. The predicted octanol–water partition coefficient (Wildman–Crippen LogP) is 2.90. The van der Waals surface area contributed by atoms with Gasteiger partial charge in [0.15, 0.2) is 0 Å². The monoisotopic (exact) mass is 270 g/mol. The Balaban J connectivity index is 2.02. The van der Waals surface area contributed by atoms with Crippen molar-refractivity contribution in [3.05, 3.63) is 0 Å². The third kappa shape index (κ3) is 8.61. The standard InChI is InChI=1S/C16H34N2O/c1-5-6-12-19-13-11-18-9-7-15(8-10-18)14-17-16(2,3)4/h15,17H,5-14H2,1-4H3. The average molecular weight is 270 g/mol. The normalized spacial score (nSPS) is 18.9. The molecule has 0 unspecified atom stereocenters. The van der Waals surface area contributed by atoms with E-state index in [2.05, 4.69) is 37.9 Å². The lowest BCUT2D eigenvalue weighted by Gasteiger charge is -2.33. The summed E-state index contributed by atoms with van der Waals surface area (Å²) < 4.78 is 5.64. The van der Waals surface area contributed by atoms with Gasteiger partial charge in [-0.2, -0.15) is 0 Å². The Labute approximate surface area is 120 Å². The second-order valence-corrected chi connectivity index (χ2v) is 6.88. The summed E-state index contributed by atoms with van der Waals surface area (Å²) in [4.78, 5) is 2.56. The Bertz CT molecular complexity index is 217. The number of nitrogens with one attached hydrogen (secondary N) is 1. The molecule has 0 atom stereocenters. The van der Waals surface area contributed by atoms with Crippen LogP contribution in [0.15, 0.2) is 0 Å². The van der Waals surface area contributed by atoms with Crippen LogP contribution in [0.5, 0.6) is 0 Å². The third-order valence-corrected chi connectivity index (χ3v) is 3.82. The Morgan fingerprint density at radius 2 is 1.84 bits per heavy atom. The van der Waals surface area contributed by atoms with Crippen LogP contribution in [0.2, 0.25) is 0 Å². The van der Waals surface area contributed by atoms with Crippen LogP contribution in [0.1, 0.15) is 53.4 Å². The van der Waals surface area contributed by atoms with E-state index >= 15 is 0 Å². The third-order valence-electron chi connectivity index (χ3n) is 3.82. The molecule has 1 saturated heterocycles. The summed E-state index contributed by atoms with van der Waals surface area (Å²) in [7, 11) is 0. The lowest BCUT2D eigenvalue weighted by molar-refractivity contribution is 0.0860. The molecule has 0 aromatic rings. The molecule has 1 fully saturated rings. The topological polar surface area (TPSA) is 24.5 Å². The summed E-state index contributed by atoms with van der Waals surface area (Å²) in [5.74, 6) is 0.858. The SMILES string of the molecule is CCCCOCCN1CCC(CNC(C)(C)C)CC1. The zero-order valence-corrected chi connectivity index (χ0v) is 13.5. The van der Waals surface area contributed by atoms with Crippen molar-refractivity contribution in [2.75, 3.05) is 39.4 Å². The first kappa shape index (κ1) is 16.9. The number of unbranched alkanes of at least 4 members (excludes halogenated alkanes) is 1. The predicted molar refractivity (Wildman–Crippen MR) is 82.6 cm³/mol. The van der Waals surface area contributed by atoms with Gasteiger partial charge in [-0.1, -0.05) is 13.3 Å². The van der Waals surface area contributed by atoms with E-state index in [0.717, 1.165) is 25.7 Å². The fourth-order valence-corrected chi connectivity index (χ4v) is 2.41. The molecule has 3 heteroatoms. The van der Waals surface area contributed by atoms with Gasteiger partial charge in [-0.25, -0.2) is 0 Å². The molecule has 1 aliphatic rings. The summed E-state index contributed by atoms with van der Waals surface area (Å²) in [6, 6.07) is 0. The van der Waals surface area contributed by atoms with Gasteiger partial charge in [0.05, 0.1) is 6.61 Å². The van der Waals surface area contributed by atoms with Crippen molar-refractivity contribution in [3.63, 3.8) is 0 Å². The molecule has 0 aliphatic carbocycles. The summed E-state index contributed by atoms with van der Waals surface area (Å²) in [5, 5.41) is 3.63. The summed E-state index contributed by atoms with van der Waals surface area (Å²) in [6.07, 6.45) is 5.09. The fourth-order valence-electron chi connectivity index (χ4n) is 2.41. The molecule has 0 radical (unpaired) electrons. The van der Waals surface area contributed by atoms with Crippen molar-refractivity contribution < 1.29 is 4.74 Å². The van der Waals surface area contributed by atoms with Gasteiger partial charge in [0.2, 0.25) is 0 Å². The van der Waals surface area contributed by atoms with Gasteiger partial charge < -0.3 is 15.0 Å². The molecular formula is C16H34N2O. The highest BCUT2D eigenvalue weighted by Crippen LogP contribution is 2.17. The van der Waals surface area contributed by atoms with Crippen molar-refractivity contribution >= 4 is 0 Å². The first-order valence-corrected chi connectivity index (χ1v) is 8.06. The summed E-state index contributed by atoms with van der Waals surface area (Å²) >= 11 is 0. The van der Waals surface area contributed by atoms with Crippen molar-refractivity contribution in [3.8, 4) is 0 Å². The maximum atomic E-state index is 5.64. The fraction of sp³-hybridized carbons (Fsp3) is 1.00. The van der Waals surface area contributed by atoms with Crippen LogP contribution >= 0.6 is 0 Å². The molecule has 1 aliphatic heterocycles. The highest BCUT2D eigenvalue weighted by molar-refractivity contribution is 4.77. The minimum atomic E-state index is 0.254. The molecule has 0 saturated carbocycles. The average Bonchev–Trinajstić information content (AvgIpc) is 2.37. The smallest absolute Gasteiger partial charge is 0.0593 e. The van der Waals surface area contributed by atoms with Crippen molar-refractivity contribution in [1.29, 1.82) is 0 Å². The summed E-state index contributed by atoms with van der Waals surface area (Å²) in [6.45, 7) is 15.6. The molecule has 0 spiro atoms. The molecule has 1 heterocycles. The van der Waals surface area contributed by atoms with E-state index in [1.807, 2.05) is 0 Å². The lowest BCUT2D eigenvalue weighted by Crippen LogP contribution is -2.43. The maximum absolute atomic E-state index is 5.64. The number of nitrogens with zero attached hydrogens (tertiary/aromatic N) is 1. The number of hydrogen-bond acceptors (Lipinski definition) is 3. The zero-order valence-electron chi connectivity index (χ0n) is 13.5. The van der Waals surface area contributed by atoms with Gasteiger partial charge in [-0.15, -0.1) is 0 Å². The van der Waals surface area contributed by atoms with E-state index in [1.165, 1.54) is 45.3 Å². The van der Waals surface area contributed by atoms with Gasteiger partial charge in [0.25, 0.3) is 0 Å². The molecule has 0 bridgehead atoms. The van der Waals surface area contributed by atoms with Crippen LogP contribution in [-0.4, -0.2) is 49.8 Å². The molecule has 19 heavy (non-hydrogen) atoms. The largest absolute Gasteiger partial charge is 0.380 e. The maximum Gasteiger partial charge on any atom is 0.0593 e. The van der Waals surface area contributed by atoms with E-state index < -0.39 is 0 Å². The van der Waals surface area contributed by atoms with Crippen molar-refractivity contribution in [1.82, 2.24) is 10.2 Å². The Morgan fingerprint density at radius 3 is 2.42 bits per heavy atom. The highest BCUT2D eigenvalue weighted by atomic mass is 16.5. The minimum absolute atomic E-state index is 0.254. The van der Waals surface area contributed by atoms with Crippen molar-refractivity contribution in [2.24, 2.45) is 5.92 Å². The number of ether oxygens (including phenoxy) is 1. The molecule has 0 aromatic heterocycles. The number of likely N-dealkylation sites (tertiary alicyclic amines) is 1. The van der Waals surface area contributed by atoms with E-state index in [-0.39, 0.29) is 5.54 Å². The number of piperidine rings is 1. The molecule has 0 amide bonds. The van der Waals surface area contributed by atoms with Crippen LogP contribution in [-0.2, 0) is 4.74 Å². The molecule has 3 nitrogen and oxygen atoms in total. The van der Waals surface area contributed by atoms with Crippen LogP contribution in [0.4, 0.5) is 0 Å². The van der Waals surface area contributed by atoms with Gasteiger partial charge in [-0.3, -0.25) is 0 Å². The molecular weight excluding hydrogens is 236 g/mol. The molecule has 1 rings (SSSR count). The van der Waals surface area contributed by atoms with Crippen LogP contribution in [0.25, 0.3) is 0 Å². The minimum Gasteiger partial charge on any atom is -0.380 e. The van der Waals surface area contributed by atoms with Crippen molar-refractivity contribution in [2.45, 2.75) is 58.9 Å². The van der Waals surface area contributed by atoms with Gasteiger partial charge in [0, 0.05) is 18.7 Å². The van der Waals surface area contributed by atoms with Gasteiger partial charge in [-0.05, 0) is 65.6 Å². The van der Waals surface area contributed by atoms with Crippen LogP contribution < -0.4 is 5.32 Å². The first-order valence-electron chi connectivity index (χ1n) is 8.06. The van der Waals surface area contributed by atoms with E-state index in [1.54, 1.807) is 0 Å². The van der Waals surface area contributed by atoms with Crippen LogP contribution in [0, 0.1) is 5.92 Å². The number of hydrogen-bond donors (Lipinski definition) is 1. The molecule has 114 valence electrons. The summed E-state index contributed by atoms with van der Waals surface area (Å²) in [5.41, 5.74) is 0.254. The Kier molecular flexibility index (Phi) is 7.96. The second-order valence-electron chi connectivity index (χ2n) is 6.88. The van der Waals surface area contributed by atoms with Crippen LogP contribution in [0.3, 0.4) is 0 Å². The molecule has 1 N–H and O–H groups in total. The first-order chi connectivity index (χ1) is 9.01. The number of rotatable bonds is 8. The second kappa shape index (κ2) is 8.93. The highest BCUT2D eigenvalue weighted by Gasteiger charge is 2.20. The van der Waals surface area contributed by atoms with E-state index in [4.69, 9.17) is 4.74 Å².